The number of ether oxygens (including phenoxy) is 1. The molecule has 3 aromatic rings. The van der Waals surface area contributed by atoms with Crippen LogP contribution in [0.4, 0.5) is 5.69 Å². The van der Waals surface area contributed by atoms with E-state index in [0.717, 1.165) is 27.7 Å². The van der Waals surface area contributed by atoms with Gasteiger partial charge in [0.25, 0.3) is 0 Å². The molecule has 1 aliphatic heterocycles. The van der Waals surface area contributed by atoms with Crippen LogP contribution in [0.1, 0.15) is 23.4 Å². The number of aromatic nitrogens is 1. The third-order valence-electron chi connectivity index (χ3n) is 4.79. The van der Waals surface area contributed by atoms with Crippen LogP contribution in [0.2, 0.25) is 5.15 Å². The highest BCUT2D eigenvalue weighted by Gasteiger charge is 2.41. The summed E-state index contributed by atoms with van der Waals surface area (Å²) in [6.07, 6.45) is 0. The Labute approximate surface area is 167 Å². The van der Waals surface area contributed by atoms with Crippen molar-refractivity contribution in [2.45, 2.75) is 24.5 Å². The lowest BCUT2D eigenvalue weighted by atomic mass is 10.1. The number of rotatable bonds is 3. The highest BCUT2D eigenvalue weighted by molar-refractivity contribution is 8.01. The number of methoxy groups -OCH3 is 1. The van der Waals surface area contributed by atoms with E-state index in [1.54, 1.807) is 23.8 Å². The number of aryl methyl sites for hydroxylation is 1. The summed E-state index contributed by atoms with van der Waals surface area (Å²) < 4.78 is 5.49. The van der Waals surface area contributed by atoms with Crippen LogP contribution in [0.25, 0.3) is 10.9 Å². The Morgan fingerprint density at radius 2 is 1.96 bits per heavy atom. The number of anilines is 1. The number of para-hydroxylation sites is 3. The Morgan fingerprint density at radius 1 is 1.19 bits per heavy atom. The summed E-state index contributed by atoms with van der Waals surface area (Å²) in [6, 6.07) is 15.6. The Balaban J connectivity index is 1.88. The van der Waals surface area contributed by atoms with Gasteiger partial charge in [-0.3, -0.25) is 9.69 Å². The van der Waals surface area contributed by atoms with Crippen molar-refractivity contribution in [3.63, 3.8) is 0 Å². The van der Waals surface area contributed by atoms with Crippen LogP contribution in [0.3, 0.4) is 0 Å². The summed E-state index contributed by atoms with van der Waals surface area (Å²) in [4.78, 5) is 19.4. The Morgan fingerprint density at radius 3 is 2.74 bits per heavy atom. The minimum atomic E-state index is -0.256. The van der Waals surface area contributed by atoms with Gasteiger partial charge in [-0.25, -0.2) is 4.98 Å². The van der Waals surface area contributed by atoms with Crippen molar-refractivity contribution in [1.29, 1.82) is 0 Å². The van der Waals surface area contributed by atoms with Crippen LogP contribution in [-0.4, -0.2) is 23.3 Å². The summed E-state index contributed by atoms with van der Waals surface area (Å²) >= 11 is 8.16. The highest BCUT2D eigenvalue weighted by Crippen LogP contribution is 2.49. The fraction of sp³-hybridized carbons (Fsp3) is 0.238. The molecule has 4 nitrogen and oxygen atoms in total. The number of hydrogen-bond donors (Lipinski definition) is 0. The van der Waals surface area contributed by atoms with E-state index in [1.807, 2.05) is 62.4 Å². The van der Waals surface area contributed by atoms with Crippen molar-refractivity contribution in [2.24, 2.45) is 0 Å². The summed E-state index contributed by atoms with van der Waals surface area (Å²) in [7, 11) is 1.61. The highest BCUT2D eigenvalue weighted by atomic mass is 35.5. The Kier molecular flexibility index (Phi) is 4.74. The summed E-state index contributed by atoms with van der Waals surface area (Å²) in [6.45, 7) is 3.93. The number of carbonyl (C=O) groups excluding carboxylic acids is 1. The summed E-state index contributed by atoms with van der Waals surface area (Å²) in [5.74, 6) is 0.696. The molecule has 0 bridgehead atoms. The number of carbonyl (C=O) groups is 1. The van der Waals surface area contributed by atoms with E-state index < -0.39 is 0 Å². The first kappa shape index (κ1) is 18.1. The summed E-state index contributed by atoms with van der Waals surface area (Å²) in [5, 5.41) is 1.01. The number of benzene rings is 2. The van der Waals surface area contributed by atoms with Gasteiger partial charge in [0.1, 0.15) is 16.3 Å². The van der Waals surface area contributed by atoms with E-state index in [1.165, 1.54) is 0 Å². The predicted molar refractivity (Wildman–Crippen MR) is 112 cm³/mol. The van der Waals surface area contributed by atoms with Crippen molar-refractivity contribution < 1.29 is 9.53 Å². The van der Waals surface area contributed by atoms with Crippen molar-refractivity contribution in [1.82, 2.24) is 4.98 Å². The first-order valence-electron chi connectivity index (χ1n) is 8.68. The van der Waals surface area contributed by atoms with E-state index >= 15 is 0 Å². The average molecular weight is 399 g/mol. The SMILES string of the molecule is COc1ccccc1N1C(=O)[C@@H](C)S[C@@H]1c1cc2cccc(C)c2nc1Cl. The molecule has 2 atom stereocenters. The zero-order valence-corrected chi connectivity index (χ0v) is 16.8. The Hall–Kier alpha value is -2.24. The topological polar surface area (TPSA) is 42.4 Å². The molecule has 0 N–H and O–H groups in total. The molecule has 1 amide bonds. The lowest BCUT2D eigenvalue weighted by Gasteiger charge is -2.26. The van der Waals surface area contributed by atoms with Crippen molar-refractivity contribution in [2.75, 3.05) is 12.0 Å². The van der Waals surface area contributed by atoms with Gasteiger partial charge in [-0.2, -0.15) is 0 Å². The van der Waals surface area contributed by atoms with E-state index in [9.17, 15) is 4.79 Å². The van der Waals surface area contributed by atoms with Crippen LogP contribution in [0, 0.1) is 6.92 Å². The molecule has 0 radical (unpaired) electrons. The molecule has 0 aliphatic carbocycles. The molecule has 4 rings (SSSR count). The molecule has 1 aliphatic rings. The van der Waals surface area contributed by atoms with Gasteiger partial charge in [-0.15, -0.1) is 11.8 Å². The lowest BCUT2D eigenvalue weighted by Crippen LogP contribution is -2.30. The van der Waals surface area contributed by atoms with Crippen molar-refractivity contribution in [3.8, 4) is 5.75 Å². The smallest absolute Gasteiger partial charge is 0.241 e. The molecule has 2 aromatic carbocycles. The molecule has 0 saturated carbocycles. The molecule has 0 spiro atoms. The average Bonchev–Trinajstić information content (AvgIpc) is 2.96. The van der Waals surface area contributed by atoms with Crippen molar-refractivity contribution >= 4 is 45.9 Å². The number of amides is 1. The standard InChI is InChI=1S/C21H19ClN2O2S/c1-12-7-6-8-14-11-15(19(22)23-18(12)14)21-24(20(25)13(2)27-21)16-9-4-5-10-17(16)26-3/h4-11,13,21H,1-3H3/t13-,21-/m1/s1. The predicted octanol–water partition coefficient (Wildman–Crippen LogP) is 5.37. The van der Waals surface area contributed by atoms with Crippen LogP contribution in [0.5, 0.6) is 5.75 Å². The maximum Gasteiger partial charge on any atom is 0.241 e. The minimum Gasteiger partial charge on any atom is -0.495 e. The molecular weight excluding hydrogens is 380 g/mol. The molecule has 1 saturated heterocycles. The number of pyridine rings is 1. The molecule has 27 heavy (non-hydrogen) atoms. The van der Waals surface area contributed by atoms with E-state index in [2.05, 4.69) is 4.98 Å². The van der Waals surface area contributed by atoms with E-state index in [-0.39, 0.29) is 16.5 Å². The lowest BCUT2D eigenvalue weighted by molar-refractivity contribution is -0.117. The molecule has 1 fully saturated rings. The third-order valence-corrected chi connectivity index (χ3v) is 6.43. The molecule has 1 aromatic heterocycles. The van der Waals surface area contributed by atoms with E-state index in [0.29, 0.717) is 10.9 Å². The maximum atomic E-state index is 13.0. The zero-order valence-electron chi connectivity index (χ0n) is 15.3. The molecular formula is C21H19ClN2O2S. The molecule has 6 heteroatoms. The number of thioether (sulfide) groups is 1. The summed E-state index contributed by atoms with van der Waals surface area (Å²) in [5.41, 5.74) is 3.54. The van der Waals surface area contributed by atoms with Gasteiger partial charge in [0.05, 0.1) is 23.6 Å². The number of halogens is 1. The third kappa shape index (κ3) is 3.05. The second kappa shape index (κ2) is 7.06. The molecule has 0 unspecified atom stereocenters. The fourth-order valence-electron chi connectivity index (χ4n) is 3.42. The van der Waals surface area contributed by atoms with Crippen LogP contribution in [0.15, 0.2) is 48.5 Å². The zero-order chi connectivity index (χ0) is 19.1. The first-order valence-corrected chi connectivity index (χ1v) is 10.0. The number of fused-ring (bicyclic) bond motifs is 1. The van der Waals surface area contributed by atoms with Gasteiger partial charge < -0.3 is 4.74 Å². The minimum absolute atomic E-state index is 0.0369. The van der Waals surface area contributed by atoms with Gasteiger partial charge in [0, 0.05) is 10.9 Å². The fourth-order valence-corrected chi connectivity index (χ4v) is 5.01. The van der Waals surface area contributed by atoms with Gasteiger partial charge in [0.15, 0.2) is 0 Å². The van der Waals surface area contributed by atoms with Crippen LogP contribution in [-0.2, 0) is 4.79 Å². The Bertz CT molecular complexity index is 1040. The second-order valence-electron chi connectivity index (χ2n) is 6.53. The maximum absolute atomic E-state index is 13.0. The largest absolute Gasteiger partial charge is 0.495 e. The molecule has 2 heterocycles. The normalized spacial score (nSPS) is 19.7. The number of nitrogens with zero attached hydrogens (tertiary/aromatic N) is 2. The van der Waals surface area contributed by atoms with Gasteiger partial charge in [-0.05, 0) is 37.6 Å². The van der Waals surface area contributed by atoms with Crippen molar-refractivity contribution in [3.05, 3.63) is 64.8 Å². The molecule has 138 valence electrons. The van der Waals surface area contributed by atoms with Crippen LogP contribution >= 0.6 is 23.4 Å². The van der Waals surface area contributed by atoms with E-state index in [4.69, 9.17) is 16.3 Å². The first-order chi connectivity index (χ1) is 13.0. The quantitative estimate of drug-likeness (QED) is 0.556. The van der Waals surface area contributed by atoms with Gasteiger partial charge >= 0.3 is 0 Å². The monoisotopic (exact) mass is 398 g/mol. The van der Waals surface area contributed by atoms with Crippen LogP contribution < -0.4 is 9.64 Å². The second-order valence-corrected chi connectivity index (χ2v) is 8.31. The van der Waals surface area contributed by atoms with Gasteiger partial charge in [0.2, 0.25) is 5.91 Å². The van der Waals surface area contributed by atoms with Gasteiger partial charge in [-0.1, -0.05) is 41.9 Å². The number of hydrogen-bond acceptors (Lipinski definition) is 4.